The van der Waals surface area contributed by atoms with E-state index in [2.05, 4.69) is 5.10 Å². The lowest BCUT2D eigenvalue weighted by molar-refractivity contribution is -0.156. The minimum atomic E-state index is -0.714. The van der Waals surface area contributed by atoms with Gasteiger partial charge < -0.3 is 18.5 Å². The smallest absolute Gasteiger partial charge is 0.218 e. The molecule has 7 nitrogen and oxygen atoms in total. The molecule has 2 bridgehead atoms. The standard InChI is InChI=1S/C15H17N3O4S/c1-3-17-13(9-4-5-20-8(9)2)16-18(15(17)23)10-6-11(19)14-21-7-12(10)22-14/h4-5,10,12,14H,3,6-7H2,1-2H3/t10-,12+,14+/m1/s1. The van der Waals surface area contributed by atoms with Gasteiger partial charge in [-0.15, -0.1) is 0 Å². The maximum atomic E-state index is 12.0. The molecule has 2 aromatic rings. The topological polar surface area (TPSA) is 71.4 Å². The monoisotopic (exact) mass is 335 g/mol. The lowest BCUT2D eigenvalue weighted by Crippen LogP contribution is -2.37. The van der Waals surface area contributed by atoms with Gasteiger partial charge in [0.25, 0.3) is 0 Å². The summed E-state index contributed by atoms with van der Waals surface area (Å²) in [4.78, 5) is 12.0. The molecule has 0 spiro atoms. The van der Waals surface area contributed by atoms with E-state index >= 15 is 0 Å². The zero-order valence-corrected chi connectivity index (χ0v) is 13.7. The number of ether oxygens (including phenoxy) is 2. The highest BCUT2D eigenvalue weighted by Crippen LogP contribution is 2.34. The summed E-state index contributed by atoms with van der Waals surface area (Å²) in [6.07, 6.45) is 1.06. The minimum absolute atomic E-state index is 0.0576. The lowest BCUT2D eigenvalue weighted by atomic mass is 10.0. The second-order valence-electron chi connectivity index (χ2n) is 5.76. The fourth-order valence-electron chi connectivity index (χ4n) is 3.20. The average molecular weight is 335 g/mol. The summed E-state index contributed by atoms with van der Waals surface area (Å²) in [5.74, 6) is 1.47. The van der Waals surface area contributed by atoms with Crippen molar-refractivity contribution in [1.29, 1.82) is 0 Å². The number of aromatic nitrogens is 3. The van der Waals surface area contributed by atoms with Crippen molar-refractivity contribution in [3.63, 3.8) is 0 Å². The van der Waals surface area contributed by atoms with Crippen LogP contribution in [0.15, 0.2) is 16.7 Å². The molecule has 122 valence electrons. The van der Waals surface area contributed by atoms with Crippen LogP contribution in [0.3, 0.4) is 0 Å². The Balaban J connectivity index is 1.81. The highest BCUT2D eigenvalue weighted by molar-refractivity contribution is 7.71. The average Bonchev–Trinajstić information content (AvgIpc) is 3.21. The molecular weight excluding hydrogens is 318 g/mol. The van der Waals surface area contributed by atoms with Crippen LogP contribution in [-0.2, 0) is 20.8 Å². The number of carbonyl (C=O) groups excluding carboxylic acids is 1. The van der Waals surface area contributed by atoms with Gasteiger partial charge in [0, 0.05) is 13.0 Å². The number of hydrogen-bond acceptors (Lipinski definition) is 6. The fourth-order valence-corrected chi connectivity index (χ4v) is 3.59. The van der Waals surface area contributed by atoms with E-state index in [1.807, 2.05) is 24.5 Å². The van der Waals surface area contributed by atoms with Crippen LogP contribution in [0, 0.1) is 11.7 Å². The van der Waals surface area contributed by atoms with Crippen LogP contribution in [0.4, 0.5) is 0 Å². The summed E-state index contributed by atoms with van der Waals surface area (Å²) >= 11 is 5.59. The van der Waals surface area contributed by atoms with E-state index in [1.54, 1.807) is 10.9 Å². The number of fused-ring (bicyclic) bond motifs is 2. The van der Waals surface area contributed by atoms with Gasteiger partial charge in [-0.25, -0.2) is 4.68 Å². The molecule has 2 saturated heterocycles. The van der Waals surface area contributed by atoms with Crippen molar-refractivity contribution in [2.75, 3.05) is 6.61 Å². The molecule has 0 amide bonds. The summed E-state index contributed by atoms with van der Waals surface area (Å²) in [6.45, 7) is 4.98. The third kappa shape index (κ3) is 2.20. The minimum Gasteiger partial charge on any atom is -0.469 e. The number of rotatable bonds is 3. The maximum absolute atomic E-state index is 12.0. The van der Waals surface area contributed by atoms with Crippen LogP contribution in [0.5, 0.6) is 0 Å². The van der Waals surface area contributed by atoms with Crippen molar-refractivity contribution in [2.24, 2.45) is 0 Å². The molecule has 2 fully saturated rings. The zero-order valence-electron chi connectivity index (χ0n) is 12.9. The van der Waals surface area contributed by atoms with E-state index in [-0.39, 0.29) is 17.9 Å². The Morgan fingerprint density at radius 2 is 2.30 bits per heavy atom. The molecule has 0 aliphatic carbocycles. The van der Waals surface area contributed by atoms with E-state index in [0.717, 1.165) is 17.1 Å². The number of furan rings is 1. The van der Waals surface area contributed by atoms with Crippen LogP contribution < -0.4 is 0 Å². The lowest BCUT2D eigenvalue weighted by Gasteiger charge is -2.26. The van der Waals surface area contributed by atoms with Crippen molar-refractivity contribution in [1.82, 2.24) is 14.3 Å². The number of Topliss-reactive ketones (excluding diaryl/α,β-unsaturated/α-hetero) is 1. The molecule has 0 N–H and O–H groups in total. The van der Waals surface area contributed by atoms with Crippen LogP contribution in [0.1, 0.15) is 25.1 Å². The Kier molecular flexibility index (Phi) is 3.47. The van der Waals surface area contributed by atoms with Gasteiger partial charge in [0.05, 0.1) is 24.5 Å². The van der Waals surface area contributed by atoms with Crippen LogP contribution in [0.2, 0.25) is 0 Å². The first kappa shape index (κ1) is 14.8. The highest BCUT2D eigenvalue weighted by Gasteiger charge is 2.45. The van der Waals surface area contributed by atoms with E-state index in [1.165, 1.54) is 0 Å². The maximum Gasteiger partial charge on any atom is 0.218 e. The molecule has 23 heavy (non-hydrogen) atoms. The van der Waals surface area contributed by atoms with Crippen molar-refractivity contribution >= 4 is 18.0 Å². The van der Waals surface area contributed by atoms with Gasteiger partial charge in [0.1, 0.15) is 11.9 Å². The molecular formula is C15H17N3O4S. The molecule has 4 heterocycles. The molecule has 2 aromatic heterocycles. The number of aryl methyl sites for hydroxylation is 1. The molecule has 4 rings (SSSR count). The second kappa shape index (κ2) is 5.40. The van der Waals surface area contributed by atoms with Gasteiger partial charge in [0.2, 0.25) is 6.29 Å². The molecule has 8 heteroatoms. The Hall–Kier alpha value is -1.77. The number of nitrogens with zero attached hydrogens (tertiary/aromatic N) is 3. The number of hydrogen-bond donors (Lipinski definition) is 0. The molecule has 0 saturated carbocycles. The van der Waals surface area contributed by atoms with Crippen molar-refractivity contribution < 1.29 is 18.7 Å². The van der Waals surface area contributed by atoms with Crippen LogP contribution in [-0.4, -0.2) is 39.1 Å². The number of ketones is 1. The Labute approximate surface area is 137 Å². The van der Waals surface area contributed by atoms with Gasteiger partial charge in [-0.05, 0) is 32.1 Å². The summed E-state index contributed by atoms with van der Waals surface area (Å²) in [5.41, 5.74) is 0.903. The Bertz CT molecular complexity index is 821. The molecule has 0 unspecified atom stereocenters. The molecule has 0 radical (unpaired) electrons. The van der Waals surface area contributed by atoms with Gasteiger partial charge in [-0.2, -0.15) is 5.10 Å². The van der Waals surface area contributed by atoms with E-state index < -0.39 is 6.29 Å². The first-order valence-corrected chi connectivity index (χ1v) is 8.04. The molecule has 2 aliphatic rings. The van der Waals surface area contributed by atoms with Crippen molar-refractivity contribution in [3.8, 4) is 11.4 Å². The van der Waals surface area contributed by atoms with Crippen LogP contribution in [0.25, 0.3) is 11.4 Å². The quantitative estimate of drug-likeness (QED) is 0.801. The largest absolute Gasteiger partial charge is 0.469 e. The third-order valence-electron chi connectivity index (χ3n) is 4.43. The first-order chi connectivity index (χ1) is 11.1. The molecule has 3 atom stereocenters. The molecule has 0 aromatic carbocycles. The van der Waals surface area contributed by atoms with E-state index in [9.17, 15) is 4.79 Å². The Morgan fingerprint density at radius 3 is 3.00 bits per heavy atom. The van der Waals surface area contributed by atoms with Gasteiger partial charge in [-0.1, -0.05) is 0 Å². The second-order valence-corrected chi connectivity index (χ2v) is 6.13. The highest BCUT2D eigenvalue weighted by atomic mass is 32.1. The summed E-state index contributed by atoms with van der Waals surface area (Å²) < 4.78 is 20.6. The SMILES string of the molecule is CCn1c(-c2ccoc2C)nn([C@@H]2CC(=O)[C@H]3OC[C@@H]2O3)c1=S. The van der Waals surface area contributed by atoms with Gasteiger partial charge in [-0.3, -0.25) is 4.79 Å². The van der Waals surface area contributed by atoms with Gasteiger partial charge >= 0.3 is 0 Å². The van der Waals surface area contributed by atoms with Crippen molar-refractivity contribution in [3.05, 3.63) is 22.9 Å². The summed E-state index contributed by atoms with van der Waals surface area (Å²) in [6, 6.07) is 1.65. The summed E-state index contributed by atoms with van der Waals surface area (Å²) in [7, 11) is 0. The Morgan fingerprint density at radius 1 is 1.48 bits per heavy atom. The van der Waals surface area contributed by atoms with E-state index in [4.69, 9.17) is 26.1 Å². The molecule has 2 aliphatic heterocycles. The number of carbonyl (C=O) groups is 1. The van der Waals surface area contributed by atoms with E-state index in [0.29, 0.717) is 24.3 Å². The third-order valence-corrected chi connectivity index (χ3v) is 4.84. The predicted octanol–water partition coefficient (Wildman–Crippen LogP) is 2.26. The summed E-state index contributed by atoms with van der Waals surface area (Å²) in [5, 5.41) is 4.69. The van der Waals surface area contributed by atoms with Crippen molar-refractivity contribution in [2.45, 2.75) is 45.2 Å². The fraction of sp³-hybridized carbons (Fsp3) is 0.533. The van der Waals surface area contributed by atoms with Crippen LogP contribution >= 0.6 is 12.2 Å². The first-order valence-electron chi connectivity index (χ1n) is 7.63. The zero-order chi connectivity index (χ0) is 16.1. The predicted molar refractivity (Wildman–Crippen MR) is 82.4 cm³/mol. The normalized spacial score (nSPS) is 26.9. The van der Waals surface area contributed by atoms with Gasteiger partial charge in [0.15, 0.2) is 16.4 Å².